The highest BCUT2D eigenvalue weighted by Gasteiger charge is 2.33. The van der Waals surface area contributed by atoms with Crippen molar-refractivity contribution in [1.29, 1.82) is 0 Å². The number of aliphatic hydroxyl groups is 2. The van der Waals surface area contributed by atoms with E-state index in [1.165, 1.54) is 30.3 Å². The molecular weight excluding hydrogens is 780 g/mol. The fourth-order valence-electron chi connectivity index (χ4n) is 4.27. The summed E-state index contributed by atoms with van der Waals surface area (Å²) in [6.45, 7) is 4.01. The number of sulfone groups is 2. The van der Waals surface area contributed by atoms with Crippen LogP contribution in [0, 0.1) is 0 Å². The van der Waals surface area contributed by atoms with Crippen molar-refractivity contribution in [2.45, 2.75) is 51.4 Å². The lowest BCUT2D eigenvalue weighted by molar-refractivity contribution is -0.141. The van der Waals surface area contributed by atoms with Crippen LogP contribution in [-0.4, -0.2) is 71.5 Å². The lowest BCUT2D eigenvalue weighted by Gasteiger charge is -2.17. The summed E-state index contributed by atoms with van der Waals surface area (Å²) in [6.07, 6.45) is -1.14. The van der Waals surface area contributed by atoms with Crippen LogP contribution in [0.5, 0.6) is 11.5 Å². The lowest BCUT2D eigenvalue weighted by Crippen LogP contribution is -2.25. The van der Waals surface area contributed by atoms with Crippen molar-refractivity contribution in [2.24, 2.45) is 0 Å². The third-order valence-electron chi connectivity index (χ3n) is 6.67. The predicted molar refractivity (Wildman–Crippen MR) is 181 cm³/mol. The fourth-order valence-corrected chi connectivity index (χ4v) is 8.17. The Morgan fingerprint density at radius 1 is 0.766 bits per heavy atom. The highest BCUT2D eigenvalue weighted by Crippen LogP contribution is 2.32. The van der Waals surface area contributed by atoms with E-state index in [1.54, 1.807) is 66.7 Å². The molecule has 4 aromatic rings. The first-order chi connectivity index (χ1) is 22.2. The summed E-state index contributed by atoms with van der Waals surface area (Å²) in [7, 11) is -7.14. The molecule has 0 aromatic heterocycles. The molecule has 1 fully saturated rings. The Bertz CT molecular complexity index is 1850. The van der Waals surface area contributed by atoms with E-state index < -0.39 is 38.2 Å². The highest BCUT2D eigenvalue weighted by molar-refractivity contribution is 9.11. The first-order valence-corrected chi connectivity index (χ1v) is 18.8. The van der Waals surface area contributed by atoms with Crippen molar-refractivity contribution >= 4 is 51.5 Å². The van der Waals surface area contributed by atoms with Crippen LogP contribution in [-0.2, 0) is 29.1 Å². The average molecular weight is 815 g/mol. The van der Waals surface area contributed by atoms with Gasteiger partial charge in [0.1, 0.15) is 36.9 Å². The van der Waals surface area contributed by atoms with Gasteiger partial charge in [0.2, 0.25) is 19.7 Å². The third kappa shape index (κ3) is 9.86. The van der Waals surface area contributed by atoms with Crippen LogP contribution in [0.1, 0.15) is 13.8 Å². The van der Waals surface area contributed by atoms with E-state index in [9.17, 15) is 21.9 Å². The first-order valence-electron chi connectivity index (χ1n) is 14.3. The maximum Gasteiger partial charge on any atom is 0.206 e. The van der Waals surface area contributed by atoms with Gasteiger partial charge in [0.25, 0.3) is 0 Å². The number of rotatable bonds is 11. The van der Waals surface area contributed by atoms with Crippen LogP contribution in [0.2, 0.25) is 0 Å². The maximum absolute atomic E-state index is 12.6. The first kappa shape index (κ1) is 37.0. The van der Waals surface area contributed by atoms with Gasteiger partial charge in [-0.3, -0.25) is 0 Å². The van der Waals surface area contributed by atoms with Crippen LogP contribution >= 0.6 is 31.9 Å². The molecule has 1 heterocycles. The fraction of sp³-hybridized carbons (Fsp3) is 0.273. The largest absolute Gasteiger partial charge is 0.490 e. The Morgan fingerprint density at radius 2 is 1.23 bits per heavy atom. The molecule has 5 rings (SSSR count). The Hall–Kier alpha value is -2.82. The lowest BCUT2D eigenvalue weighted by atomic mass is 10.3. The molecule has 0 aliphatic carbocycles. The minimum Gasteiger partial charge on any atom is -0.490 e. The zero-order chi connectivity index (χ0) is 34.2. The summed E-state index contributed by atoms with van der Waals surface area (Å²) in [5.74, 6) is 0.346. The SMILES string of the molecule is CC1(C)OCC(COc2ccc(S(=O)(=O)c3ccccc3)cc2Br)O1.O=S(=O)(c1ccccc1)c1ccc(OCC(O)CO)c(Br)c1. The van der Waals surface area contributed by atoms with Gasteiger partial charge in [-0.15, -0.1) is 0 Å². The molecule has 1 saturated heterocycles. The van der Waals surface area contributed by atoms with E-state index in [1.807, 2.05) is 13.8 Å². The normalized spacial score (nSPS) is 16.5. The van der Waals surface area contributed by atoms with Gasteiger partial charge in [0.05, 0.1) is 41.7 Å². The van der Waals surface area contributed by atoms with E-state index in [0.29, 0.717) is 33.7 Å². The van der Waals surface area contributed by atoms with Crippen molar-refractivity contribution < 1.29 is 46.0 Å². The molecule has 0 spiro atoms. The number of benzene rings is 4. The zero-order valence-electron chi connectivity index (χ0n) is 25.5. The van der Waals surface area contributed by atoms with Crippen molar-refractivity contribution in [3.05, 3.63) is 106 Å². The van der Waals surface area contributed by atoms with Crippen LogP contribution in [0.4, 0.5) is 0 Å². The molecule has 10 nitrogen and oxygen atoms in total. The van der Waals surface area contributed by atoms with Gasteiger partial charge in [0.15, 0.2) is 5.79 Å². The molecular formula is C33H34Br2O10S2. The topological polar surface area (TPSA) is 146 Å². The Morgan fingerprint density at radius 3 is 1.64 bits per heavy atom. The van der Waals surface area contributed by atoms with Crippen molar-refractivity contribution in [3.8, 4) is 11.5 Å². The zero-order valence-corrected chi connectivity index (χ0v) is 30.3. The van der Waals surface area contributed by atoms with Gasteiger partial charge < -0.3 is 29.2 Å². The van der Waals surface area contributed by atoms with E-state index in [-0.39, 0.29) is 32.3 Å². The number of hydrogen-bond acceptors (Lipinski definition) is 10. The summed E-state index contributed by atoms with van der Waals surface area (Å²) in [5, 5.41) is 18.0. The predicted octanol–water partition coefficient (Wildman–Crippen LogP) is 5.83. The molecule has 252 valence electrons. The van der Waals surface area contributed by atoms with Gasteiger partial charge in [0, 0.05) is 0 Å². The number of halogens is 2. The summed E-state index contributed by atoms with van der Waals surface area (Å²) < 4.78 is 73.5. The number of hydrogen-bond donors (Lipinski definition) is 2. The molecule has 0 amide bonds. The minimum absolute atomic E-state index is 0.0835. The molecule has 2 N–H and O–H groups in total. The van der Waals surface area contributed by atoms with Crippen molar-refractivity contribution in [2.75, 3.05) is 26.4 Å². The van der Waals surface area contributed by atoms with Crippen LogP contribution in [0.3, 0.4) is 0 Å². The summed E-state index contributed by atoms with van der Waals surface area (Å²) in [6, 6.07) is 25.6. The smallest absolute Gasteiger partial charge is 0.206 e. The average Bonchev–Trinajstić information content (AvgIpc) is 3.42. The molecule has 1 aliphatic heterocycles. The van der Waals surface area contributed by atoms with E-state index in [4.69, 9.17) is 24.1 Å². The Balaban J connectivity index is 0.000000215. The molecule has 0 radical (unpaired) electrons. The molecule has 2 atom stereocenters. The molecule has 1 aliphatic rings. The van der Waals surface area contributed by atoms with Crippen molar-refractivity contribution in [1.82, 2.24) is 0 Å². The summed E-state index contributed by atoms with van der Waals surface area (Å²) >= 11 is 6.63. The van der Waals surface area contributed by atoms with E-state index in [0.717, 1.165) is 0 Å². The van der Waals surface area contributed by atoms with Crippen molar-refractivity contribution in [3.63, 3.8) is 0 Å². The van der Waals surface area contributed by atoms with E-state index >= 15 is 0 Å². The molecule has 47 heavy (non-hydrogen) atoms. The monoisotopic (exact) mass is 812 g/mol. The summed E-state index contributed by atoms with van der Waals surface area (Å²) in [4.78, 5) is 0.820. The Kier molecular flexibility index (Phi) is 12.6. The maximum atomic E-state index is 12.6. The van der Waals surface area contributed by atoms with Crippen LogP contribution in [0.15, 0.2) is 126 Å². The molecule has 0 bridgehead atoms. The summed E-state index contributed by atoms with van der Waals surface area (Å²) in [5.41, 5.74) is 0. The van der Waals surface area contributed by atoms with Gasteiger partial charge >= 0.3 is 0 Å². The number of aliphatic hydroxyl groups excluding tert-OH is 2. The molecule has 14 heteroatoms. The third-order valence-corrected chi connectivity index (χ3v) is 11.4. The second-order valence-electron chi connectivity index (χ2n) is 10.7. The molecule has 2 unspecified atom stereocenters. The highest BCUT2D eigenvalue weighted by atomic mass is 79.9. The second-order valence-corrected chi connectivity index (χ2v) is 16.3. The molecule has 4 aromatic carbocycles. The quantitative estimate of drug-likeness (QED) is 0.190. The standard InChI is InChI=1S/C18H19BrO5S.C15H15BrO5S/c1-18(2)23-12-13(24-18)11-22-17-9-8-15(10-16(17)19)25(20,21)14-6-4-3-5-7-14;16-14-8-13(6-7-15(14)21-10-11(18)9-17)22(19,20)12-4-2-1-3-5-12/h3-10,13H,11-12H2,1-2H3;1-8,11,17-18H,9-10H2. The van der Waals surface area contributed by atoms with Gasteiger partial charge in [-0.05, 0) is 106 Å². The van der Waals surface area contributed by atoms with Gasteiger partial charge in [-0.1, -0.05) is 36.4 Å². The van der Waals surface area contributed by atoms with E-state index in [2.05, 4.69) is 31.9 Å². The Labute approximate surface area is 291 Å². The molecule has 0 saturated carbocycles. The van der Waals surface area contributed by atoms with Gasteiger partial charge in [-0.2, -0.15) is 0 Å². The number of ether oxygens (including phenoxy) is 4. The minimum atomic E-state index is -3.59. The van der Waals surface area contributed by atoms with Crippen LogP contribution in [0.25, 0.3) is 0 Å². The second kappa shape index (κ2) is 16.1. The van der Waals surface area contributed by atoms with Crippen LogP contribution < -0.4 is 9.47 Å². The van der Waals surface area contributed by atoms with Gasteiger partial charge in [-0.25, -0.2) is 16.8 Å².